The van der Waals surface area contributed by atoms with Crippen molar-refractivity contribution in [1.29, 1.82) is 0 Å². The smallest absolute Gasteiger partial charge is 0.194 e. The van der Waals surface area contributed by atoms with E-state index in [9.17, 15) is 0 Å². The van der Waals surface area contributed by atoms with Gasteiger partial charge in [0.15, 0.2) is 5.96 Å². The standard InChI is InChI=1S/C23H28N6O/c1-28-9-11-29(12-10-28)20-8-5-16(14-25-20)21-18-7-4-15-3-6-17(30-2)13-19(15)22(18)27-23(24)26-21/h3,5-6,8,13-14,21H,4,7,9-12H2,1-2H3,(H3,24,26,27). The van der Waals surface area contributed by atoms with Crippen LogP contribution in [0, 0.1) is 0 Å². The van der Waals surface area contributed by atoms with Crippen LogP contribution in [0.4, 0.5) is 5.82 Å². The molecule has 1 saturated heterocycles. The number of benzene rings is 1. The first kappa shape index (κ1) is 18.9. The molecule has 1 aromatic carbocycles. The first-order valence-electron chi connectivity index (χ1n) is 10.5. The van der Waals surface area contributed by atoms with Crippen molar-refractivity contribution < 1.29 is 4.74 Å². The number of nitrogens with one attached hydrogen (secondary N) is 1. The molecule has 5 rings (SSSR count). The van der Waals surface area contributed by atoms with E-state index in [0.29, 0.717) is 5.96 Å². The van der Waals surface area contributed by atoms with Gasteiger partial charge in [0, 0.05) is 37.9 Å². The number of aliphatic imine (C=N–C) groups is 1. The van der Waals surface area contributed by atoms with E-state index >= 15 is 0 Å². The molecule has 1 fully saturated rings. The van der Waals surface area contributed by atoms with Gasteiger partial charge >= 0.3 is 0 Å². The largest absolute Gasteiger partial charge is 0.497 e. The molecule has 7 heteroatoms. The van der Waals surface area contributed by atoms with Gasteiger partial charge in [-0.1, -0.05) is 12.1 Å². The molecule has 0 amide bonds. The number of methoxy groups -OCH3 is 1. The van der Waals surface area contributed by atoms with Crippen molar-refractivity contribution in [1.82, 2.24) is 15.2 Å². The van der Waals surface area contributed by atoms with Crippen molar-refractivity contribution in [3.05, 3.63) is 58.8 Å². The topological polar surface area (TPSA) is 79.0 Å². The number of pyridine rings is 1. The van der Waals surface area contributed by atoms with Crippen LogP contribution in [0.3, 0.4) is 0 Å². The summed E-state index contributed by atoms with van der Waals surface area (Å²) in [7, 11) is 3.86. The number of ether oxygens (including phenoxy) is 1. The van der Waals surface area contributed by atoms with Crippen molar-refractivity contribution in [2.24, 2.45) is 10.7 Å². The van der Waals surface area contributed by atoms with Crippen LogP contribution in [0.5, 0.6) is 5.75 Å². The molecule has 3 heterocycles. The van der Waals surface area contributed by atoms with Gasteiger partial charge in [-0.3, -0.25) is 0 Å². The molecule has 0 radical (unpaired) electrons. The number of aromatic nitrogens is 1. The Balaban J connectivity index is 1.46. The average Bonchev–Trinajstić information content (AvgIpc) is 2.79. The maximum Gasteiger partial charge on any atom is 0.194 e. The highest BCUT2D eigenvalue weighted by Gasteiger charge is 2.30. The van der Waals surface area contributed by atoms with E-state index in [-0.39, 0.29) is 6.04 Å². The van der Waals surface area contributed by atoms with Gasteiger partial charge in [-0.2, -0.15) is 0 Å². The van der Waals surface area contributed by atoms with Crippen molar-refractivity contribution in [3.63, 3.8) is 0 Å². The summed E-state index contributed by atoms with van der Waals surface area (Å²) < 4.78 is 5.45. The van der Waals surface area contributed by atoms with Crippen molar-refractivity contribution in [3.8, 4) is 5.75 Å². The number of aryl methyl sites for hydroxylation is 1. The number of guanidine groups is 1. The maximum absolute atomic E-state index is 6.20. The number of fused-ring (bicyclic) bond motifs is 2. The summed E-state index contributed by atoms with van der Waals surface area (Å²) in [6.45, 7) is 4.15. The van der Waals surface area contributed by atoms with Crippen LogP contribution >= 0.6 is 0 Å². The Labute approximate surface area is 177 Å². The van der Waals surface area contributed by atoms with Crippen molar-refractivity contribution in [2.45, 2.75) is 18.9 Å². The lowest BCUT2D eigenvalue weighted by molar-refractivity contribution is 0.312. The Morgan fingerprint density at radius 1 is 1.10 bits per heavy atom. The van der Waals surface area contributed by atoms with Gasteiger partial charge in [0.05, 0.1) is 12.8 Å². The van der Waals surface area contributed by atoms with Gasteiger partial charge in [0.25, 0.3) is 0 Å². The van der Waals surface area contributed by atoms with Gasteiger partial charge < -0.3 is 25.6 Å². The Morgan fingerprint density at radius 2 is 1.93 bits per heavy atom. The fourth-order valence-corrected chi connectivity index (χ4v) is 4.56. The first-order chi connectivity index (χ1) is 14.6. The number of piperazine rings is 1. The monoisotopic (exact) mass is 404 g/mol. The van der Waals surface area contributed by atoms with E-state index in [1.165, 1.54) is 11.1 Å². The highest BCUT2D eigenvalue weighted by molar-refractivity contribution is 5.93. The molecule has 0 bridgehead atoms. The third-order valence-electron chi connectivity index (χ3n) is 6.34. The summed E-state index contributed by atoms with van der Waals surface area (Å²) >= 11 is 0. The SMILES string of the molecule is COc1ccc2c(c1)C1=C(CC2)C(c2ccc(N3CCN(C)CC3)nc2)N=C(N)N1. The zero-order valence-corrected chi connectivity index (χ0v) is 17.6. The Hall–Kier alpha value is -3.06. The number of hydrogen-bond donors (Lipinski definition) is 2. The third-order valence-corrected chi connectivity index (χ3v) is 6.34. The molecule has 0 spiro atoms. The minimum atomic E-state index is -0.102. The molecule has 0 saturated carbocycles. The van der Waals surface area contributed by atoms with Crippen molar-refractivity contribution >= 4 is 17.5 Å². The highest BCUT2D eigenvalue weighted by Crippen LogP contribution is 2.41. The Morgan fingerprint density at radius 3 is 2.67 bits per heavy atom. The summed E-state index contributed by atoms with van der Waals surface area (Å²) in [5.41, 5.74) is 12.1. The summed E-state index contributed by atoms with van der Waals surface area (Å²) in [6.07, 6.45) is 3.90. The number of hydrogen-bond acceptors (Lipinski definition) is 7. The number of rotatable bonds is 3. The minimum absolute atomic E-state index is 0.102. The normalized spacial score (nSPS) is 21.5. The number of nitrogens with zero attached hydrogens (tertiary/aromatic N) is 4. The lowest BCUT2D eigenvalue weighted by Crippen LogP contribution is -2.44. The number of likely N-dealkylation sites (N-methyl/N-ethyl adjacent to an activating group) is 1. The molecule has 3 aliphatic rings. The van der Waals surface area contributed by atoms with E-state index < -0.39 is 0 Å². The van der Waals surface area contributed by atoms with Crippen LogP contribution in [0.15, 0.2) is 47.1 Å². The quantitative estimate of drug-likeness (QED) is 0.816. The fraction of sp³-hybridized carbons (Fsp3) is 0.391. The number of anilines is 1. The molecule has 2 aromatic rings. The first-order valence-corrected chi connectivity index (χ1v) is 10.5. The van der Waals surface area contributed by atoms with Crippen LogP contribution in [-0.4, -0.2) is 56.2 Å². The van der Waals surface area contributed by atoms with E-state index in [1.807, 2.05) is 12.3 Å². The number of nitrogens with two attached hydrogens (primary N) is 1. The zero-order chi connectivity index (χ0) is 20.7. The average molecular weight is 405 g/mol. The van der Waals surface area contributed by atoms with E-state index in [2.05, 4.69) is 46.4 Å². The lowest BCUT2D eigenvalue weighted by Gasteiger charge is -2.34. The predicted molar refractivity (Wildman–Crippen MR) is 120 cm³/mol. The minimum Gasteiger partial charge on any atom is -0.497 e. The summed E-state index contributed by atoms with van der Waals surface area (Å²) in [6, 6.07) is 10.4. The molecule has 3 N–H and O–H groups in total. The van der Waals surface area contributed by atoms with E-state index in [0.717, 1.165) is 67.4 Å². The Bertz CT molecular complexity index is 1000. The molecule has 1 atom stereocenters. The van der Waals surface area contributed by atoms with Crippen molar-refractivity contribution in [2.75, 3.05) is 45.2 Å². The molecular weight excluding hydrogens is 376 g/mol. The van der Waals surface area contributed by atoms with Crippen LogP contribution < -0.4 is 20.7 Å². The summed E-state index contributed by atoms with van der Waals surface area (Å²) in [5.74, 6) is 2.32. The molecule has 7 nitrogen and oxygen atoms in total. The molecule has 1 unspecified atom stereocenters. The second-order valence-corrected chi connectivity index (χ2v) is 8.21. The summed E-state index contributed by atoms with van der Waals surface area (Å²) in [4.78, 5) is 14.2. The van der Waals surface area contributed by atoms with E-state index in [4.69, 9.17) is 20.4 Å². The molecule has 2 aliphatic heterocycles. The van der Waals surface area contributed by atoms with Crippen LogP contribution in [-0.2, 0) is 6.42 Å². The molecule has 1 aliphatic carbocycles. The zero-order valence-electron chi connectivity index (χ0n) is 17.6. The molecule has 30 heavy (non-hydrogen) atoms. The second kappa shape index (κ2) is 7.65. The van der Waals surface area contributed by atoms with Crippen LogP contribution in [0.1, 0.15) is 29.2 Å². The fourth-order valence-electron chi connectivity index (χ4n) is 4.56. The highest BCUT2D eigenvalue weighted by atomic mass is 16.5. The van der Waals surface area contributed by atoms with Gasteiger partial charge in [-0.25, -0.2) is 9.98 Å². The van der Waals surface area contributed by atoms with Crippen LogP contribution in [0.2, 0.25) is 0 Å². The predicted octanol–water partition coefficient (Wildman–Crippen LogP) is 2.16. The Kier molecular flexibility index (Phi) is 4.83. The molecule has 156 valence electrons. The third kappa shape index (κ3) is 3.39. The van der Waals surface area contributed by atoms with E-state index in [1.54, 1.807) is 7.11 Å². The van der Waals surface area contributed by atoms with Gasteiger partial charge in [-0.05, 0) is 54.8 Å². The second-order valence-electron chi connectivity index (χ2n) is 8.21. The summed E-state index contributed by atoms with van der Waals surface area (Å²) in [5, 5.41) is 3.31. The lowest BCUT2D eigenvalue weighted by atomic mass is 9.83. The van der Waals surface area contributed by atoms with Crippen LogP contribution in [0.25, 0.3) is 5.70 Å². The molecule has 1 aromatic heterocycles. The maximum atomic E-state index is 6.20. The molecular formula is C23H28N6O. The van der Waals surface area contributed by atoms with Gasteiger partial charge in [0.2, 0.25) is 0 Å². The van der Waals surface area contributed by atoms with Gasteiger partial charge in [0.1, 0.15) is 17.6 Å². The van der Waals surface area contributed by atoms with Gasteiger partial charge in [-0.15, -0.1) is 0 Å².